The summed E-state index contributed by atoms with van der Waals surface area (Å²) >= 11 is 0. The van der Waals surface area contributed by atoms with Gasteiger partial charge in [-0.2, -0.15) is 4.98 Å². The molecule has 21 heavy (non-hydrogen) atoms. The highest BCUT2D eigenvalue weighted by Gasteiger charge is 2.37. The van der Waals surface area contributed by atoms with Crippen molar-refractivity contribution in [3.63, 3.8) is 0 Å². The van der Waals surface area contributed by atoms with E-state index in [0.717, 1.165) is 24.7 Å². The van der Waals surface area contributed by atoms with Gasteiger partial charge in [0, 0.05) is 12.6 Å². The van der Waals surface area contributed by atoms with Crippen LogP contribution in [-0.4, -0.2) is 29.3 Å². The predicted octanol–water partition coefficient (Wildman–Crippen LogP) is 3.19. The van der Waals surface area contributed by atoms with E-state index in [1.165, 1.54) is 32.1 Å². The Morgan fingerprint density at radius 3 is 2.76 bits per heavy atom. The Morgan fingerprint density at radius 2 is 2.05 bits per heavy atom. The molecule has 0 amide bonds. The third kappa shape index (κ3) is 3.46. The average Bonchev–Trinajstić information content (AvgIpc) is 3.23. The SMILES string of the molecule is CCNC1CCCCC1c1nc(C(OCC)C2CC2)no1. The molecule has 3 rings (SSSR count). The number of ether oxygens (including phenoxy) is 1. The first-order valence-electron chi connectivity index (χ1n) is 8.52. The lowest BCUT2D eigenvalue weighted by molar-refractivity contribution is 0.0384. The monoisotopic (exact) mass is 293 g/mol. The third-order valence-corrected chi connectivity index (χ3v) is 4.66. The van der Waals surface area contributed by atoms with Gasteiger partial charge in [0.2, 0.25) is 11.7 Å². The third-order valence-electron chi connectivity index (χ3n) is 4.66. The summed E-state index contributed by atoms with van der Waals surface area (Å²) < 4.78 is 11.4. The number of aromatic nitrogens is 2. The van der Waals surface area contributed by atoms with Crippen molar-refractivity contribution in [1.29, 1.82) is 0 Å². The Kier molecular flexibility index (Phi) is 4.91. The van der Waals surface area contributed by atoms with E-state index in [2.05, 4.69) is 17.4 Å². The van der Waals surface area contributed by atoms with Crippen molar-refractivity contribution >= 4 is 0 Å². The van der Waals surface area contributed by atoms with E-state index in [0.29, 0.717) is 24.5 Å². The number of nitrogens with one attached hydrogen (secondary N) is 1. The zero-order valence-corrected chi connectivity index (χ0v) is 13.2. The molecule has 3 atom stereocenters. The lowest BCUT2D eigenvalue weighted by Gasteiger charge is -2.29. The van der Waals surface area contributed by atoms with Crippen LogP contribution in [-0.2, 0) is 4.74 Å². The van der Waals surface area contributed by atoms with Gasteiger partial charge >= 0.3 is 0 Å². The molecule has 2 saturated carbocycles. The van der Waals surface area contributed by atoms with Crippen LogP contribution in [0, 0.1) is 5.92 Å². The van der Waals surface area contributed by atoms with Crippen molar-refractivity contribution < 1.29 is 9.26 Å². The van der Waals surface area contributed by atoms with E-state index < -0.39 is 0 Å². The second kappa shape index (κ2) is 6.88. The van der Waals surface area contributed by atoms with Crippen LogP contribution in [0.25, 0.3) is 0 Å². The minimum atomic E-state index is 0.0358. The average molecular weight is 293 g/mol. The van der Waals surface area contributed by atoms with E-state index in [4.69, 9.17) is 14.2 Å². The van der Waals surface area contributed by atoms with Crippen molar-refractivity contribution in [3.8, 4) is 0 Å². The highest BCUT2D eigenvalue weighted by Crippen LogP contribution is 2.43. The van der Waals surface area contributed by atoms with E-state index in [-0.39, 0.29) is 6.10 Å². The molecule has 5 nitrogen and oxygen atoms in total. The van der Waals surface area contributed by atoms with Crippen molar-refractivity contribution in [2.75, 3.05) is 13.2 Å². The van der Waals surface area contributed by atoms with Gasteiger partial charge in [-0.3, -0.25) is 0 Å². The minimum Gasteiger partial charge on any atom is -0.370 e. The first kappa shape index (κ1) is 15.0. The molecule has 118 valence electrons. The van der Waals surface area contributed by atoms with Crippen LogP contribution in [0.2, 0.25) is 0 Å². The van der Waals surface area contributed by atoms with Gasteiger partial charge in [0.25, 0.3) is 0 Å². The van der Waals surface area contributed by atoms with Gasteiger partial charge in [0.1, 0.15) is 6.10 Å². The molecular formula is C16H27N3O2. The van der Waals surface area contributed by atoms with Crippen LogP contribution in [0.15, 0.2) is 4.52 Å². The van der Waals surface area contributed by atoms with E-state index in [1.54, 1.807) is 0 Å². The molecule has 0 spiro atoms. The molecule has 1 heterocycles. The maximum atomic E-state index is 5.83. The van der Waals surface area contributed by atoms with Crippen molar-refractivity contribution in [3.05, 3.63) is 11.7 Å². The fraction of sp³-hybridized carbons (Fsp3) is 0.875. The number of rotatable bonds is 7. The molecule has 0 bridgehead atoms. The minimum absolute atomic E-state index is 0.0358. The topological polar surface area (TPSA) is 60.2 Å². The van der Waals surface area contributed by atoms with Gasteiger partial charge < -0.3 is 14.6 Å². The molecular weight excluding hydrogens is 266 g/mol. The fourth-order valence-electron chi connectivity index (χ4n) is 3.45. The number of nitrogens with zero attached hydrogens (tertiary/aromatic N) is 2. The normalized spacial score (nSPS) is 27.7. The van der Waals surface area contributed by atoms with Crippen LogP contribution >= 0.6 is 0 Å². The molecule has 0 saturated heterocycles. The van der Waals surface area contributed by atoms with Crippen molar-refractivity contribution in [2.45, 2.75) is 70.4 Å². The standard InChI is InChI=1S/C16H27N3O2/c1-3-17-13-8-6-5-7-12(13)16-18-15(19-21-16)14(20-4-2)11-9-10-11/h11-14,17H,3-10H2,1-2H3. The van der Waals surface area contributed by atoms with Gasteiger partial charge in [0.15, 0.2) is 0 Å². The number of likely N-dealkylation sites (N-methyl/N-ethyl adjacent to an activating group) is 1. The second-order valence-corrected chi connectivity index (χ2v) is 6.26. The maximum absolute atomic E-state index is 5.83. The molecule has 2 aliphatic carbocycles. The smallest absolute Gasteiger partial charge is 0.231 e. The highest BCUT2D eigenvalue weighted by molar-refractivity contribution is 5.05. The summed E-state index contributed by atoms with van der Waals surface area (Å²) in [6.45, 7) is 5.88. The Labute approximate surface area is 126 Å². The van der Waals surface area contributed by atoms with Gasteiger partial charge in [-0.1, -0.05) is 24.9 Å². The Morgan fingerprint density at radius 1 is 1.24 bits per heavy atom. The van der Waals surface area contributed by atoms with Crippen molar-refractivity contribution in [2.24, 2.45) is 5.92 Å². The van der Waals surface area contributed by atoms with Crippen LogP contribution in [0.3, 0.4) is 0 Å². The van der Waals surface area contributed by atoms with Gasteiger partial charge in [0.05, 0.1) is 5.92 Å². The van der Waals surface area contributed by atoms with E-state index in [9.17, 15) is 0 Å². The maximum Gasteiger partial charge on any atom is 0.231 e. The summed E-state index contributed by atoms with van der Waals surface area (Å²) in [5.74, 6) is 2.52. The highest BCUT2D eigenvalue weighted by atomic mass is 16.5. The fourth-order valence-corrected chi connectivity index (χ4v) is 3.45. The van der Waals surface area contributed by atoms with Gasteiger partial charge in [-0.25, -0.2) is 0 Å². The summed E-state index contributed by atoms with van der Waals surface area (Å²) in [6.07, 6.45) is 7.36. The molecule has 1 aromatic heterocycles. The van der Waals surface area contributed by atoms with Crippen LogP contribution in [0.1, 0.15) is 76.1 Å². The summed E-state index contributed by atoms with van der Waals surface area (Å²) in [5, 5.41) is 7.80. The summed E-state index contributed by atoms with van der Waals surface area (Å²) in [4.78, 5) is 4.70. The van der Waals surface area contributed by atoms with Crippen LogP contribution in [0.5, 0.6) is 0 Å². The Bertz CT molecular complexity index is 442. The zero-order valence-electron chi connectivity index (χ0n) is 13.2. The summed E-state index contributed by atoms with van der Waals surface area (Å²) in [7, 11) is 0. The molecule has 2 aliphatic rings. The molecule has 1 N–H and O–H groups in total. The molecule has 2 fully saturated rings. The Balaban J connectivity index is 1.73. The number of hydrogen-bond acceptors (Lipinski definition) is 5. The number of hydrogen-bond donors (Lipinski definition) is 1. The summed E-state index contributed by atoms with van der Waals surface area (Å²) in [6, 6.07) is 0.475. The first-order chi connectivity index (χ1) is 10.3. The molecule has 3 unspecified atom stereocenters. The van der Waals surface area contributed by atoms with Crippen LogP contribution < -0.4 is 5.32 Å². The molecule has 0 aromatic carbocycles. The van der Waals surface area contributed by atoms with Crippen LogP contribution in [0.4, 0.5) is 0 Å². The zero-order chi connectivity index (χ0) is 14.7. The molecule has 1 aromatic rings. The molecule has 0 aliphatic heterocycles. The summed E-state index contributed by atoms with van der Waals surface area (Å²) in [5.41, 5.74) is 0. The van der Waals surface area contributed by atoms with Crippen molar-refractivity contribution in [1.82, 2.24) is 15.5 Å². The van der Waals surface area contributed by atoms with E-state index in [1.807, 2.05) is 6.92 Å². The Hall–Kier alpha value is -0.940. The lowest BCUT2D eigenvalue weighted by atomic mass is 9.84. The van der Waals surface area contributed by atoms with Gasteiger partial charge in [-0.15, -0.1) is 0 Å². The van der Waals surface area contributed by atoms with Gasteiger partial charge in [-0.05, 0) is 45.1 Å². The molecule has 0 radical (unpaired) electrons. The van der Waals surface area contributed by atoms with E-state index >= 15 is 0 Å². The second-order valence-electron chi connectivity index (χ2n) is 6.26. The first-order valence-corrected chi connectivity index (χ1v) is 8.52. The lowest BCUT2D eigenvalue weighted by Crippen LogP contribution is -2.37. The largest absolute Gasteiger partial charge is 0.370 e. The molecule has 5 heteroatoms. The predicted molar refractivity (Wildman–Crippen MR) is 80.1 cm³/mol. The quantitative estimate of drug-likeness (QED) is 0.836.